The number of nitro benzene ring substituents is 1. The van der Waals surface area contributed by atoms with Crippen LogP contribution in [0.25, 0.3) is 0 Å². The maximum atomic E-state index is 11.0. The minimum atomic E-state index is -0.490. The van der Waals surface area contributed by atoms with E-state index in [1.54, 1.807) is 0 Å². The van der Waals surface area contributed by atoms with E-state index >= 15 is 0 Å². The zero-order valence-corrected chi connectivity index (χ0v) is 12.0. The average Bonchev–Trinajstić information content (AvgIpc) is 2.52. The molecule has 21 heavy (non-hydrogen) atoms. The molecule has 1 saturated heterocycles. The van der Waals surface area contributed by atoms with Crippen molar-refractivity contribution in [2.75, 3.05) is 32.8 Å². The number of ether oxygens (including phenoxy) is 2. The van der Waals surface area contributed by atoms with Gasteiger partial charge in [0.05, 0.1) is 18.1 Å². The van der Waals surface area contributed by atoms with Crippen LogP contribution in [0.1, 0.15) is 12.5 Å². The van der Waals surface area contributed by atoms with E-state index in [0.29, 0.717) is 12.2 Å². The van der Waals surface area contributed by atoms with E-state index in [1.165, 1.54) is 18.2 Å². The number of hydrogen-bond acceptors (Lipinski definition) is 6. The number of nitrogens with zero attached hydrogens (tertiary/aromatic N) is 2. The highest BCUT2D eigenvalue weighted by atomic mass is 16.6. The molecule has 2 rings (SSSR count). The van der Waals surface area contributed by atoms with Gasteiger partial charge >= 0.3 is 5.69 Å². The number of morpholine rings is 1. The first-order valence-corrected chi connectivity index (χ1v) is 6.99. The summed E-state index contributed by atoms with van der Waals surface area (Å²) in [5, 5.41) is 20.1. The molecule has 0 bridgehead atoms. The third-order valence-electron chi connectivity index (χ3n) is 3.50. The Kier molecular flexibility index (Phi) is 5.49. The topological polar surface area (TPSA) is 85.1 Å². The molecule has 0 amide bonds. The Morgan fingerprint density at radius 1 is 1.57 bits per heavy atom. The Labute approximate surface area is 123 Å². The molecule has 0 spiro atoms. The van der Waals surface area contributed by atoms with Crippen LogP contribution in [0, 0.1) is 10.1 Å². The summed E-state index contributed by atoms with van der Waals surface area (Å²) >= 11 is 0. The van der Waals surface area contributed by atoms with Gasteiger partial charge in [-0.2, -0.15) is 0 Å². The van der Waals surface area contributed by atoms with Gasteiger partial charge in [0.25, 0.3) is 0 Å². The molecular weight excluding hydrogens is 276 g/mol. The van der Waals surface area contributed by atoms with Gasteiger partial charge in [-0.05, 0) is 24.2 Å². The van der Waals surface area contributed by atoms with E-state index in [2.05, 4.69) is 11.8 Å². The van der Waals surface area contributed by atoms with Gasteiger partial charge in [-0.1, -0.05) is 6.92 Å². The van der Waals surface area contributed by atoms with Gasteiger partial charge in [-0.3, -0.25) is 15.0 Å². The first-order valence-electron chi connectivity index (χ1n) is 6.99. The van der Waals surface area contributed by atoms with Gasteiger partial charge < -0.3 is 14.6 Å². The third kappa shape index (κ3) is 4.13. The molecule has 116 valence electrons. The molecule has 0 saturated carbocycles. The molecule has 1 aromatic carbocycles. The van der Waals surface area contributed by atoms with Crippen molar-refractivity contribution in [1.82, 2.24) is 4.90 Å². The van der Waals surface area contributed by atoms with Gasteiger partial charge in [0.2, 0.25) is 0 Å². The van der Waals surface area contributed by atoms with E-state index in [0.717, 1.165) is 19.6 Å². The van der Waals surface area contributed by atoms with E-state index in [-0.39, 0.29) is 30.8 Å². The standard InChI is InChI=1S/C14H20N2O5/c1-2-15-5-6-20-12(8-15)10-21-14-7-11(9-17)3-4-13(14)16(18)19/h3-4,7,12,17H,2,5-6,8-10H2,1H3. The van der Waals surface area contributed by atoms with E-state index < -0.39 is 4.92 Å². The smallest absolute Gasteiger partial charge is 0.310 e. The molecule has 7 nitrogen and oxygen atoms in total. The number of aliphatic hydroxyl groups excluding tert-OH is 1. The lowest BCUT2D eigenvalue weighted by atomic mass is 10.2. The largest absolute Gasteiger partial charge is 0.484 e. The number of aliphatic hydroxyl groups is 1. The van der Waals surface area contributed by atoms with Crippen molar-refractivity contribution in [2.45, 2.75) is 19.6 Å². The molecule has 1 N–H and O–H groups in total. The Bertz CT molecular complexity index is 494. The van der Waals surface area contributed by atoms with Crippen molar-refractivity contribution in [1.29, 1.82) is 0 Å². The number of likely N-dealkylation sites (N-methyl/N-ethyl adjacent to an activating group) is 1. The van der Waals surface area contributed by atoms with Crippen LogP contribution in [-0.2, 0) is 11.3 Å². The van der Waals surface area contributed by atoms with Crippen LogP contribution in [0.5, 0.6) is 5.75 Å². The molecule has 1 heterocycles. The fourth-order valence-corrected chi connectivity index (χ4v) is 2.27. The average molecular weight is 296 g/mol. The van der Waals surface area contributed by atoms with Crippen LogP contribution in [0.3, 0.4) is 0 Å². The fourth-order valence-electron chi connectivity index (χ4n) is 2.27. The molecule has 1 aliphatic heterocycles. The second-order valence-corrected chi connectivity index (χ2v) is 4.91. The van der Waals surface area contributed by atoms with Gasteiger partial charge in [-0.25, -0.2) is 0 Å². The van der Waals surface area contributed by atoms with Gasteiger partial charge in [0, 0.05) is 19.2 Å². The molecule has 1 aromatic rings. The van der Waals surface area contributed by atoms with Crippen LogP contribution in [0.4, 0.5) is 5.69 Å². The molecule has 1 unspecified atom stereocenters. The third-order valence-corrected chi connectivity index (χ3v) is 3.50. The Balaban J connectivity index is 2.02. The van der Waals surface area contributed by atoms with Crippen molar-refractivity contribution in [2.24, 2.45) is 0 Å². The monoisotopic (exact) mass is 296 g/mol. The van der Waals surface area contributed by atoms with Crippen molar-refractivity contribution >= 4 is 5.69 Å². The summed E-state index contributed by atoms with van der Waals surface area (Å²) in [4.78, 5) is 12.8. The molecule has 0 aromatic heterocycles. The van der Waals surface area contributed by atoms with Crippen molar-refractivity contribution < 1.29 is 19.5 Å². The number of benzene rings is 1. The first-order chi connectivity index (χ1) is 10.1. The summed E-state index contributed by atoms with van der Waals surface area (Å²) in [6.07, 6.45) is -0.101. The Morgan fingerprint density at radius 3 is 3.05 bits per heavy atom. The lowest BCUT2D eigenvalue weighted by Crippen LogP contribution is -2.44. The number of nitro groups is 1. The first kappa shape index (κ1) is 15.7. The second kappa shape index (κ2) is 7.35. The molecule has 0 aliphatic carbocycles. The molecule has 1 fully saturated rings. The van der Waals surface area contributed by atoms with Crippen molar-refractivity contribution in [3.8, 4) is 5.75 Å². The molecule has 1 aliphatic rings. The quantitative estimate of drug-likeness (QED) is 0.627. The SMILES string of the molecule is CCN1CCOC(COc2cc(CO)ccc2[N+](=O)[O-])C1. The minimum absolute atomic E-state index is 0.101. The normalized spacial score (nSPS) is 19.4. The second-order valence-electron chi connectivity index (χ2n) is 4.91. The summed E-state index contributed by atoms with van der Waals surface area (Å²) < 4.78 is 11.2. The maximum absolute atomic E-state index is 11.0. The van der Waals surface area contributed by atoms with Gasteiger partial charge in [-0.15, -0.1) is 0 Å². The van der Waals surface area contributed by atoms with Crippen LogP contribution in [-0.4, -0.2) is 53.9 Å². The highest BCUT2D eigenvalue weighted by Gasteiger charge is 2.22. The van der Waals surface area contributed by atoms with Crippen LogP contribution < -0.4 is 4.74 Å². The summed E-state index contributed by atoms with van der Waals surface area (Å²) in [6, 6.07) is 4.36. The minimum Gasteiger partial charge on any atom is -0.484 e. The van der Waals surface area contributed by atoms with E-state index in [4.69, 9.17) is 14.6 Å². The molecule has 7 heteroatoms. The lowest BCUT2D eigenvalue weighted by molar-refractivity contribution is -0.386. The Hall–Kier alpha value is -1.70. The zero-order chi connectivity index (χ0) is 15.2. The van der Waals surface area contributed by atoms with Crippen LogP contribution >= 0.6 is 0 Å². The fraction of sp³-hybridized carbons (Fsp3) is 0.571. The summed E-state index contributed by atoms with van der Waals surface area (Å²) in [5.41, 5.74) is 0.478. The van der Waals surface area contributed by atoms with E-state index in [9.17, 15) is 10.1 Å². The molecular formula is C14H20N2O5. The summed E-state index contributed by atoms with van der Waals surface area (Å²) in [7, 11) is 0. The van der Waals surface area contributed by atoms with Gasteiger partial charge in [0.15, 0.2) is 5.75 Å². The highest BCUT2D eigenvalue weighted by Crippen LogP contribution is 2.28. The highest BCUT2D eigenvalue weighted by molar-refractivity contribution is 5.48. The number of hydrogen-bond donors (Lipinski definition) is 1. The van der Waals surface area contributed by atoms with Crippen LogP contribution in [0.15, 0.2) is 18.2 Å². The summed E-state index contributed by atoms with van der Waals surface area (Å²) in [6.45, 7) is 5.39. The zero-order valence-electron chi connectivity index (χ0n) is 12.0. The predicted molar refractivity (Wildman–Crippen MR) is 76.4 cm³/mol. The lowest BCUT2D eigenvalue weighted by Gasteiger charge is -2.31. The van der Waals surface area contributed by atoms with E-state index in [1.807, 2.05) is 0 Å². The molecule has 0 radical (unpaired) electrons. The van der Waals surface area contributed by atoms with Crippen molar-refractivity contribution in [3.63, 3.8) is 0 Å². The predicted octanol–water partition coefficient (Wildman–Crippen LogP) is 1.19. The number of rotatable bonds is 6. The summed E-state index contributed by atoms with van der Waals surface area (Å²) in [5.74, 6) is 0.170. The molecule has 1 atom stereocenters. The van der Waals surface area contributed by atoms with Crippen molar-refractivity contribution in [3.05, 3.63) is 33.9 Å². The van der Waals surface area contributed by atoms with Gasteiger partial charge in [0.1, 0.15) is 12.7 Å². The maximum Gasteiger partial charge on any atom is 0.310 e. The van der Waals surface area contributed by atoms with Crippen LogP contribution in [0.2, 0.25) is 0 Å². The Morgan fingerprint density at radius 2 is 2.38 bits per heavy atom.